The second kappa shape index (κ2) is 9.85. The fourth-order valence-corrected chi connectivity index (χ4v) is 4.68. The Balaban J connectivity index is 1.35. The van der Waals surface area contributed by atoms with Crippen LogP contribution in [0.25, 0.3) is 39.1 Å². The second-order valence-electron chi connectivity index (χ2n) is 9.44. The Morgan fingerprint density at radius 3 is 2.79 bits per heavy atom. The molecule has 5 aromatic rings. The summed E-state index contributed by atoms with van der Waals surface area (Å²) in [7, 11) is 0. The number of aliphatic imine (C=N–C) groups is 1. The van der Waals surface area contributed by atoms with Gasteiger partial charge >= 0.3 is 0 Å². The summed E-state index contributed by atoms with van der Waals surface area (Å²) in [6.45, 7) is 5.59. The van der Waals surface area contributed by atoms with Crippen LogP contribution in [0.2, 0.25) is 0 Å². The van der Waals surface area contributed by atoms with Gasteiger partial charge in [-0.2, -0.15) is 5.10 Å². The van der Waals surface area contributed by atoms with Crippen molar-refractivity contribution in [3.63, 3.8) is 0 Å². The SMILES string of the molecule is C=N/C=C(/c1cccnc1)c1nc(-c2n[nH]c3ccc(-c4cncc(NC(=O)C5CCC5)c4)cc23)[nH]c1C. The van der Waals surface area contributed by atoms with E-state index in [1.807, 2.05) is 37.3 Å². The van der Waals surface area contributed by atoms with E-state index in [9.17, 15) is 4.79 Å². The molecule has 188 valence electrons. The first-order valence-electron chi connectivity index (χ1n) is 12.5. The Morgan fingerprint density at radius 2 is 2.03 bits per heavy atom. The summed E-state index contributed by atoms with van der Waals surface area (Å²) in [5, 5.41) is 11.6. The Labute approximate surface area is 219 Å². The fourth-order valence-electron chi connectivity index (χ4n) is 4.68. The Hall–Kier alpha value is -4.92. The van der Waals surface area contributed by atoms with Crippen molar-refractivity contribution in [1.29, 1.82) is 0 Å². The van der Waals surface area contributed by atoms with Gasteiger partial charge in [0.25, 0.3) is 0 Å². The maximum absolute atomic E-state index is 12.4. The van der Waals surface area contributed by atoms with Gasteiger partial charge < -0.3 is 10.3 Å². The molecule has 3 N–H and O–H groups in total. The van der Waals surface area contributed by atoms with Crippen molar-refractivity contribution in [1.82, 2.24) is 30.1 Å². The van der Waals surface area contributed by atoms with Crippen LogP contribution in [0, 0.1) is 12.8 Å². The van der Waals surface area contributed by atoms with Gasteiger partial charge in [0.05, 0.1) is 23.1 Å². The maximum atomic E-state index is 12.4. The Morgan fingerprint density at radius 1 is 1.13 bits per heavy atom. The van der Waals surface area contributed by atoms with Crippen molar-refractivity contribution in [2.75, 3.05) is 5.32 Å². The fraction of sp³-hybridized carbons (Fsp3) is 0.172. The third-order valence-corrected chi connectivity index (χ3v) is 6.93. The molecule has 4 heterocycles. The van der Waals surface area contributed by atoms with Gasteiger partial charge in [0, 0.05) is 58.5 Å². The lowest BCUT2D eigenvalue weighted by Crippen LogP contribution is -2.28. The molecule has 0 aliphatic heterocycles. The van der Waals surface area contributed by atoms with E-state index in [4.69, 9.17) is 4.98 Å². The zero-order valence-corrected chi connectivity index (χ0v) is 20.9. The minimum absolute atomic E-state index is 0.0677. The first kappa shape index (κ1) is 23.5. The molecule has 1 amide bonds. The summed E-state index contributed by atoms with van der Waals surface area (Å²) in [5.41, 5.74) is 7.50. The van der Waals surface area contributed by atoms with Crippen LogP contribution in [0.1, 0.15) is 36.2 Å². The number of aromatic nitrogens is 6. The normalized spacial score (nSPS) is 13.9. The summed E-state index contributed by atoms with van der Waals surface area (Å²) in [6, 6.07) is 11.8. The molecule has 0 radical (unpaired) electrons. The van der Waals surface area contributed by atoms with E-state index >= 15 is 0 Å². The zero-order valence-electron chi connectivity index (χ0n) is 20.9. The highest BCUT2D eigenvalue weighted by Gasteiger charge is 2.25. The summed E-state index contributed by atoms with van der Waals surface area (Å²) in [6.07, 6.45) is 11.7. The first-order valence-corrected chi connectivity index (χ1v) is 12.5. The predicted molar refractivity (Wildman–Crippen MR) is 148 cm³/mol. The molecule has 0 unspecified atom stereocenters. The van der Waals surface area contributed by atoms with Crippen LogP contribution in [-0.4, -0.2) is 42.8 Å². The molecule has 0 atom stereocenters. The highest BCUT2D eigenvalue weighted by molar-refractivity contribution is 5.96. The molecule has 4 aromatic heterocycles. The van der Waals surface area contributed by atoms with Crippen LogP contribution in [-0.2, 0) is 4.79 Å². The number of H-pyrrole nitrogens is 2. The second-order valence-corrected chi connectivity index (χ2v) is 9.44. The molecule has 6 rings (SSSR count). The largest absolute Gasteiger partial charge is 0.340 e. The van der Waals surface area contributed by atoms with E-state index in [1.54, 1.807) is 31.0 Å². The number of hydrogen-bond acceptors (Lipinski definition) is 6. The highest BCUT2D eigenvalue weighted by atomic mass is 16.1. The minimum Gasteiger partial charge on any atom is -0.340 e. The molecule has 1 aliphatic rings. The smallest absolute Gasteiger partial charge is 0.227 e. The van der Waals surface area contributed by atoms with Crippen LogP contribution in [0.3, 0.4) is 0 Å². The number of imidazole rings is 1. The number of nitrogens with zero attached hydrogens (tertiary/aromatic N) is 5. The average Bonchev–Trinajstić information content (AvgIpc) is 3.49. The summed E-state index contributed by atoms with van der Waals surface area (Å²) in [5.74, 6) is 0.818. The van der Waals surface area contributed by atoms with E-state index in [-0.39, 0.29) is 11.8 Å². The van der Waals surface area contributed by atoms with Gasteiger partial charge in [-0.05, 0) is 56.3 Å². The van der Waals surface area contributed by atoms with Gasteiger partial charge in [0.15, 0.2) is 5.82 Å². The maximum Gasteiger partial charge on any atom is 0.227 e. The molecule has 1 aromatic carbocycles. The van der Waals surface area contributed by atoms with Crippen molar-refractivity contribution in [3.05, 3.63) is 84.3 Å². The van der Waals surface area contributed by atoms with E-state index in [1.165, 1.54) is 0 Å². The molecule has 9 nitrogen and oxygen atoms in total. The lowest BCUT2D eigenvalue weighted by molar-refractivity contribution is -0.122. The number of anilines is 1. The predicted octanol–water partition coefficient (Wildman–Crippen LogP) is 5.55. The third kappa shape index (κ3) is 4.39. The molecular formula is C29H26N8O. The van der Waals surface area contributed by atoms with Crippen molar-refractivity contribution >= 4 is 34.8 Å². The van der Waals surface area contributed by atoms with E-state index in [2.05, 4.69) is 48.2 Å². The number of rotatable bonds is 7. The zero-order chi connectivity index (χ0) is 26.1. The van der Waals surface area contributed by atoms with Crippen LogP contribution in [0.15, 0.2) is 72.4 Å². The van der Waals surface area contributed by atoms with Gasteiger partial charge in [-0.3, -0.25) is 24.9 Å². The molecule has 1 saturated carbocycles. The van der Waals surface area contributed by atoms with Crippen molar-refractivity contribution in [2.24, 2.45) is 10.9 Å². The number of pyridine rings is 2. The number of carbonyl (C=O) groups is 1. The molecule has 38 heavy (non-hydrogen) atoms. The first-order chi connectivity index (χ1) is 18.6. The van der Waals surface area contributed by atoms with Gasteiger partial charge in [-0.15, -0.1) is 0 Å². The number of fused-ring (bicyclic) bond motifs is 1. The van der Waals surface area contributed by atoms with E-state index in [0.717, 1.165) is 63.8 Å². The van der Waals surface area contributed by atoms with Crippen molar-refractivity contribution < 1.29 is 4.79 Å². The molecular weight excluding hydrogens is 476 g/mol. The number of benzene rings is 1. The van der Waals surface area contributed by atoms with Crippen molar-refractivity contribution in [3.8, 4) is 22.6 Å². The van der Waals surface area contributed by atoms with E-state index in [0.29, 0.717) is 17.2 Å². The molecule has 0 saturated heterocycles. The topological polar surface area (TPSA) is 125 Å². The highest BCUT2D eigenvalue weighted by Crippen LogP contribution is 2.33. The summed E-state index contributed by atoms with van der Waals surface area (Å²) >= 11 is 0. The minimum atomic E-state index is 0.0677. The van der Waals surface area contributed by atoms with Gasteiger partial charge in [-0.1, -0.05) is 18.6 Å². The van der Waals surface area contributed by atoms with Crippen molar-refractivity contribution in [2.45, 2.75) is 26.2 Å². The number of amides is 1. The summed E-state index contributed by atoms with van der Waals surface area (Å²) in [4.78, 5) is 33.3. The van der Waals surface area contributed by atoms with Crippen LogP contribution >= 0.6 is 0 Å². The van der Waals surface area contributed by atoms with Gasteiger partial charge in [0.2, 0.25) is 5.91 Å². The standard InChI is InChI=1S/C29H26N8O/c1-17-26(24(16-30-2)20-7-4-10-31-13-20)35-28(33-17)27-23-12-19(8-9-25(23)36-37-27)21-11-22(15-32-14-21)34-29(38)18-5-3-6-18/h4,7-16,18H,2-3,5-6H2,1H3,(H,33,35)(H,34,38)(H,36,37)/b24-16-. The van der Waals surface area contributed by atoms with Crippen LogP contribution in [0.5, 0.6) is 0 Å². The van der Waals surface area contributed by atoms with Crippen LogP contribution < -0.4 is 5.32 Å². The van der Waals surface area contributed by atoms with Crippen LogP contribution in [0.4, 0.5) is 5.69 Å². The molecule has 1 fully saturated rings. The Kier molecular flexibility index (Phi) is 6.09. The average molecular weight is 503 g/mol. The lowest BCUT2D eigenvalue weighted by atomic mass is 9.85. The lowest BCUT2D eigenvalue weighted by Gasteiger charge is -2.24. The number of aryl methyl sites for hydroxylation is 1. The molecule has 0 spiro atoms. The number of nitrogens with one attached hydrogen (secondary N) is 3. The quantitative estimate of drug-likeness (QED) is 0.252. The molecule has 0 bridgehead atoms. The third-order valence-electron chi connectivity index (χ3n) is 6.93. The van der Waals surface area contributed by atoms with Gasteiger partial charge in [-0.25, -0.2) is 4.98 Å². The molecule has 9 heteroatoms. The van der Waals surface area contributed by atoms with Gasteiger partial charge in [0.1, 0.15) is 5.69 Å². The number of aromatic amines is 2. The number of hydrogen-bond donors (Lipinski definition) is 3. The number of carbonyl (C=O) groups excluding carboxylic acids is 1. The Bertz CT molecular complexity index is 1680. The molecule has 1 aliphatic carbocycles. The monoisotopic (exact) mass is 502 g/mol. The summed E-state index contributed by atoms with van der Waals surface area (Å²) < 4.78 is 0. The van der Waals surface area contributed by atoms with E-state index < -0.39 is 0 Å².